The second kappa shape index (κ2) is 10.6. The zero-order valence-electron chi connectivity index (χ0n) is 14.2. The SMILES string of the molecule is CCC(C)N(CCOC)C(C)C(C)CNCC(C)C. The first-order valence-corrected chi connectivity index (χ1v) is 7.89. The maximum absolute atomic E-state index is 5.25. The van der Waals surface area contributed by atoms with Crippen molar-refractivity contribution in [2.75, 3.05) is 33.4 Å². The molecule has 19 heavy (non-hydrogen) atoms. The van der Waals surface area contributed by atoms with Gasteiger partial charge in [-0.05, 0) is 45.2 Å². The van der Waals surface area contributed by atoms with Crippen LogP contribution in [0.3, 0.4) is 0 Å². The molecule has 0 aromatic carbocycles. The van der Waals surface area contributed by atoms with Crippen molar-refractivity contribution in [3.8, 4) is 0 Å². The fourth-order valence-corrected chi connectivity index (χ4v) is 2.35. The van der Waals surface area contributed by atoms with E-state index in [9.17, 15) is 0 Å². The minimum atomic E-state index is 0.588. The van der Waals surface area contributed by atoms with Crippen molar-refractivity contribution in [3.05, 3.63) is 0 Å². The minimum Gasteiger partial charge on any atom is -0.383 e. The van der Waals surface area contributed by atoms with Gasteiger partial charge in [-0.2, -0.15) is 0 Å². The van der Waals surface area contributed by atoms with Crippen LogP contribution < -0.4 is 5.32 Å². The molecule has 3 heteroatoms. The van der Waals surface area contributed by atoms with Crippen molar-refractivity contribution in [2.24, 2.45) is 11.8 Å². The van der Waals surface area contributed by atoms with Gasteiger partial charge in [0.05, 0.1) is 6.61 Å². The number of nitrogens with one attached hydrogen (secondary N) is 1. The predicted octanol–water partition coefficient (Wildman–Crippen LogP) is 3.00. The quantitative estimate of drug-likeness (QED) is 0.626. The highest BCUT2D eigenvalue weighted by molar-refractivity contribution is 4.78. The van der Waals surface area contributed by atoms with Crippen LogP contribution in [-0.4, -0.2) is 50.3 Å². The number of ether oxygens (including phenoxy) is 1. The summed E-state index contributed by atoms with van der Waals surface area (Å²) in [7, 11) is 1.78. The summed E-state index contributed by atoms with van der Waals surface area (Å²) in [6, 6.07) is 1.21. The molecule has 3 nitrogen and oxygen atoms in total. The summed E-state index contributed by atoms with van der Waals surface area (Å²) in [5.74, 6) is 1.38. The average molecular weight is 272 g/mol. The third kappa shape index (κ3) is 7.91. The molecular weight excluding hydrogens is 236 g/mol. The van der Waals surface area contributed by atoms with E-state index in [1.807, 2.05) is 0 Å². The van der Waals surface area contributed by atoms with E-state index < -0.39 is 0 Å². The fourth-order valence-electron chi connectivity index (χ4n) is 2.35. The van der Waals surface area contributed by atoms with Crippen LogP contribution in [0.25, 0.3) is 0 Å². The second-order valence-electron chi connectivity index (χ2n) is 6.26. The van der Waals surface area contributed by atoms with Crippen LogP contribution in [0.15, 0.2) is 0 Å². The highest BCUT2D eigenvalue weighted by atomic mass is 16.5. The van der Waals surface area contributed by atoms with E-state index in [0.717, 1.165) is 32.2 Å². The zero-order chi connectivity index (χ0) is 14.8. The number of methoxy groups -OCH3 is 1. The lowest BCUT2D eigenvalue weighted by atomic mass is 9.99. The van der Waals surface area contributed by atoms with Gasteiger partial charge in [0, 0.05) is 25.7 Å². The van der Waals surface area contributed by atoms with Crippen LogP contribution in [0.1, 0.15) is 48.0 Å². The van der Waals surface area contributed by atoms with E-state index in [1.165, 1.54) is 6.42 Å². The third-order valence-electron chi connectivity index (χ3n) is 4.08. The molecule has 0 bridgehead atoms. The van der Waals surface area contributed by atoms with Crippen LogP contribution in [0.5, 0.6) is 0 Å². The monoisotopic (exact) mass is 272 g/mol. The summed E-state index contributed by atoms with van der Waals surface area (Å²) in [5.41, 5.74) is 0. The Labute approximate surface area is 121 Å². The first-order valence-electron chi connectivity index (χ1n) is 7.89. The molecular formula is C16H36N2O. The molecule has 0 rings (SSSR count). The molecule has 0 heterocycles. The Morgan fingerprint density at radius 1 is 1.05 bits per heavy atom. The van der Waals surface area contributed by atoms with Gasteiger partial charge >= 0.3 is 0 Å². The summed E-state index contributed by atoms with van der Waals surface area (Å²) in [5, 5.41) is 3.58. The third-order valence-corrected chi connectivity index (χ3v) is 4.08. The van der Waals surface area contributed by atoms with E-state index in [-0.39, 0.29) is 0 Å². The molecule has 0 amide bonds. The van der Waals surface area contributed by atoms with Gasteiger partial charge in [-0.15, -0.1) is 0 Å². The Morgan fingerprint density at radius 3 is 2.16 bits per heavy atom. The van der Waals surface area contributed by atoms with E-state index in [1.54, 1.807) is 7.11 Å². The largest absolute Gasteiger partial charge is 0.383 e. The first kappa shape index (κ1) is 18.9. The summed E-state index contributed by atoms with van der Waals surface area (Å²) >= 11 is 0. The van der Waals surface area contributed by atoms with Gasteiger partial charge in [0.1, 0.15) is 0 Å². The maximum atomic E-state index is 5.25. The van der Waals surface area contributed by atoms with Crippen molar-refractivity contribution in [3.63, 3.8) is 0 Å². The Bertz CT molecular complexity index is 209. The summed E-state index contributed by atoms with van der Waals surface area (Å²) in [6.45, 7) is 17.8. The molecule has 0 aliphatic heterocycles. The molecule has 0 spiro atoms. The van der Waals surface area contributed by atoms with E-state index >= 15 is 0 Å². The van der Waals surface area contributed by atoms with Gasteiger partial charge in [-0.3, -0.25) is 4.90 Å². The van der Waals surface area contributed by atoms with Gasteiger partial charge in [-0.25, -0.2) is 0 Å². The number of hydrogen-bond donors (Lipinski definition) is 1. The topological polar surface area (TPSA) is 24.5 Å². The van der Waals surface area contributed by atoms with Gasteiger partial charge in [0.15, 0.2) is 0 Å². The van der Waals surface area contributed by atoms with Crippen LogP contribution in [0, 0.1) is 11.8 Å². The van der Waals surface area contributed by atoms with E-state index in [0.29, 0.717) is 18.0 Å². The van der Waals surface area contributed by atoms with Gasteiger partial charge in [0.25, 0.3) is 0 Å². The minimum absolute atomic E-state index is 0.588. The van der Waals surface area contributed by atoms with Crippen molar-refractivity contribution in [2.45, 2.75) is 60.0 Å². The lowest BCUT2D eigenvalue weighted by molar-refractivity contribution is 0.0724. The highest BCUT2D eigenvalue weighted by Crippen LogP contribution is 2.15. The van der Waals surface area contributed by atoms with E-state index in [4.69, 9.17) is 4.74 Å². The van der Waals surface area contributed by atoms with Gasteiger partial charge < -0.3 is 10.1 Å². The van der Waals surface area contributed by atoms with Crippen molar-refractivity contribution >= 4 is 0 Å². The van der Waals surface area contributed by atoms with Crippen LogP contribution in [-0.2, 0) is 4.74 Å². The molecule has 0 radical (unpaired) electrons. The van der Waals surface area contributed by atoms with Crippen molar-refractivity contribution in [1.82, 2.24) is 10.2 Å². The van der Waals surface area contributed by atoms with Crippen molar-refractivity contribution < 1.29 is 4.74 Å². The molecule has 0 aromatic heterocycles. The predicted molar refractivity (Wildman–Crippen MR) is 84.7 cm³/mol. The second-order valence-corrected chi connectivity index (χ2v) is 6.26. The van der Waals surface area contributed by atoms with E-state index in [2.05, 4.69) is 51.8 Å². The zero-order valence-corrected chi connectivity index (χ0v) is 14.2. The smallest absolute Gasteiger partial charge is 0.0589 e. The number of hydrogen-bond acceptors (Lipinski definition) is 3. The molecule has 1 N–H and O–H groups in total. The average Bonchev–Trinajstić information content (AvgIpc) is 2.37. The molecule has 0 fully saturated rings. The summed E-state index contributed by atoms with van der Waals surface area (Å²) in [4.78, 5) is 2.59. The Hall–Kier alpha value is -0.120. The Morgan fingerprint density at radius 2 is 1.68 bits per heavy atom. The number of rotatable bonds is 11. The standard InChI is InChI=1S/C16H36N2O/c1-8-15(5)18(9-10-19-7)16(6)14(4)12-17-11-13(2)3/h13-17H,8-12H2,1-7H3. The molecule has 3 atom stereocenters. The molecule has 0 aliphatic rings. The number of nitrogens with zero attached hydrogens (tertiary/aromatic N) is 1. The highest BCUT2D eigenvalue weighted by Gasteiger charge is 2.23. The van der Waals surface area contributed by atoms with Gasteiger partial charge in [0.2, 0.25) is 0 Å². The molecule has 0 aromatic rings. The Kier molecular flexibility index (Phi) is 10.6. The summed E-state index contributed by atoms with van der Waals surface area (Å²) < 4.78 is 5.25. The van der Waals surface area contributed by atoms with Crippen LogP contribution >= 0.6 is 0 Å². The van der Waals surface area contributed by atoms with Crippen LogP contribution in [0.4, 0.5) is 0 Å². The first-order chi connectivity index (χ1) is 8.93. The normalized spacial score (nSPS) is 16.9. The lowest BCUT2D eigenvalue weighted by Crippen LogP contribution is -2.47. The molecule has 0 aliphatic carbocycles. The molecule has 0 saturated carbocycles. The van der Waals surface area contributed by atoms with Crippen LogP contribution in [0.2, 0.25) is 0 Å². The fraction of sp³-hybridized carbons (Fsp3) is 1.00. The maximum Gasteiger partial charge on any atom is 0.0589 e. The lowest BCUT2D eigenvalue weighted by Gasteiger charge is -2.37. The molecule has 0 saturated heterocycles. The van der Waals surface area contributed by atoms with Gasteiger partial charge in [-0.1, -0.05) is 27.7 Å². The summed E-state index contributed by atoms with van der Waals surface area (Å²) in [6.07, 6.45) is 1.19. The molecule has 3 unspecified atom stereocenters. The molecule has 116 valence electrons. The Balaban J connectivity index is 4.29. The van der Waals surface area contributed by atoms with Crippen molar-refractivity contribution in [1.29, 1.82) is 0 Å².